The van der Waals surface area contributed by atoms with Gasteiger partial charge in [-0.25, -0.2) is 0 Å². The number of allylic oxidation sites excluding steroid dienone is 1. The number of carboxylic acid groups (broad SMARTS) is 1. The third-order valence-corrected chi connectivity index (χ3v) is 3.47. The predicted molar refractivity (Wildman–Crippen MR) is 71.2 cm³/mol. The summed E-state index contributed by atoms with van der Waals surface area (Å²) in [5, 5.41) is 19.4. The van der Waals surface area contributed by atoms with Crippen molar-refractivity contribution in [2.45, 2.75) is 37.9 Å². The lowest BCUT2D eigenvalue weighted by molar-refractivity contribution is -0.170. The Morgan fingerprint density at radius 3 is 2.89 bits per heavy atom. The zero-order chi connectivity index (χ0) is 14.0. The first kappa shape index (κ1) is 13.6. The van der Waals surface area contributed by atoms with E-state index in [4.69, 9.17) is 9.84 Å². The molecule has 0 unspecified atom stereocenters. The lowest BCUT2D eigenvalue weighted by Crippen LogP contribution is -2.40. The summed E-state index contributed by atoms with van der Waals surface area (Å²) in [5.74, 6) is -2.46. The zero-order valence-electron chi connectivity index (χ0n) is 10.9. The molecule has 4 heteroatoms. The number of fused-ring (bicyclic) bond motifs is 1. The van der Waals surface area contributed by atoms with E-state index < -0.39 is 18.2 Å². The average molecular weight is 262 g/mol. The second-order valence-electron chi connectivity index (χ2n) is 4.84. The van der Waals surface area contributed by atoms with Gasteiger partial charge in [0, 0.05) is 5.56 Å². The van der Waals surface area contributed by atoms with Gasteiger partial charge in [0.1, 0.15) is 12.2 Å². The molecule has 0 saturated carbocycles. The molecule has 2 N–H and O–H groups in total. The number of hydrogen-bond donors (Lipinski definition) is 2. The molecule has 0 saturated heterocycles. The number of rotatable bonds is 5. The second-order valence-corrected chi connectivity index (χ2v) is 4.84. The lowest BCUT2D eigenvalue weighted by atomic mass is 9.87. The molecule has 1 heterocycles. The van der Waals surface area contributed by atoms with Gasteiger partial charge in [0.15, 0.2) is 0 Å². The third-order valence-electron chi connectivity index (χ3n) is 3.47. The van der Waals surface area contributed by atoms with Crippen molar-refractivity contribution in [2.24, 2.45) is 0 Å². The number of benzene rings is 1. The van der Waals surface area contributed by atoms with Gasteiger partial charge in [-0.1, -0.05) is 25.1 Å². The Hall–Kier alpha value is -1.81. The summed E-state index contributed by atoms with van der Waals surface area (Å²) in [7, 11) is 0. The number of hydrogen-bond acceptors (Lipinski definition) is 3. The van der Waals surface area contributed by atoms with Crippen molar-refractivity contribution >= 4 is 5.97 Å². The molecule has 0 aromatic heterocycles. The van der Waals surface area contributed by atoms with Crippen LogP contribution in [0.5, 0.6) is 5.75 Å². The Bertz CT molecular complexity index is 509. The van der Waals surface area contributed by atoms with Crippen LogP contribution in [0.1, 0.15) is 36.8 Å². The second kappa shape index (κ2) is 5.05. The Balaban J connectivity index is 2.37. The maximum Gasteiger partial charge on any atom is 0.310 e. The first-order valence-electron chi connectivity index (χ1n) is 6.37. The number of aliphatic carboxylic acids is 1. The maximum absolute atomic E-state index is 10.9. The monoisotopic (exact) mass is 262 g/mol. The topological polar surface area (TPSA) is 66.8 Å². The van der Waals surface area contributed by atoms with E-state index in [-0.39, 0.29) is 5.92 Å². The van der Waals surface area contributed by atoms with E-state index in [1.54, 1.807) is 6.07 Å². The van der Waals surface area contributed by atoms with E-state index in [0.717, 1.165) is 17.5 Å². The van der Waals surface area contributed by atoms with Crippen LogP contribution in [0.15, 0.2) is 30.9 Å². The summed E-state index contributed by atoms with van der Waals surface area (Å²) >= 11 is 0. The van der Waals surface area contributed by atoms with Crippen molar-refractivity contribution in [1.29, 1.82) is 0 Å². The minimum atomic E-state index is -1.64. The Kier molecular flexibility index (Phi) is 3.62. The normalized spacial score (nSPS) is 24.6. The summed E-state index contributed by atoms with van der Waals surface area (Å²) in [4.78, 5) is 10.9. The fraction of sp³-hybridized carbons (Fsp3) is 0.400. The van der Waals surface area contributed by atoms with Crippen LogP contribution in [0.3, 0.4) is 0 Å². The quantitative estimate of drug-likeness (QED) is 0.800. The van der Waals surface area contributed by atoms with Gasteiger partial charge in [-0.3, -0.25) is 4.79 Å². The standard InChI is InChI=1S/C15H18O4/c1-3-5-10-6-7-13-11(8-10)12(4-2)15(18,19-13)9-14(16)17/h3,6-8,12,18H,1,4-5,9H2,2H3,(H,16,17)/t12-,15-/m0/s1. The molecule has 2 atom stereocenters. The number of carboxylic acids is 1. The maximum atomic E-state index is 10.9. The van der Waals surface area contributed by atoms with Crippen molar-refractivity contribution < 1.29 is 19.7 Å². The fourth-order valence-corrected chi connectivity index (χ4v) is 2.68. The van der Waals surface area contributed by atoms with Crippen LogP contribution in [0.4, 0.5) is 0 Å². The summed E-state index contributed by atoms with van der Waals surface area (Å²) in [6.07, 6.45) is 2.74. The molecule has 1 aromatic carbocycles. The Morgan fingerprint density at radius 2 is 2.32 bits per heavy atom. The lowest BCUT2D eigenvalue weighted by Gasteiger charge is -2.26. The predicted octanol–water partition coefficient (Wildman–Crippen LogP) is 2.46. The number of ether oxygens (including phenoxy) is 1. The van der Waals surface area contributed by atoms with E-state index in [1.165, 1.54) is 0 Å². The molecule has 19 heavy (non-hydrogen) atoms. The van der Waals surface area contributed by atoms with Crippen molar-refractivity contribution in [3.63, 3.8) is 0 Å². The van der Waals surface area contributed by atoms with Gasteiger partial charge in [-0.2, -0.15) is 0 Å². The van der Waals surface area contributed by atoms with Gasteiger partial charge in [-0.15, -0.1) is 6.58 Å². The number of aliphatic hydroxyl groups is 1. The highest BCUT2D eigenvalue weighted by Gasteiger charge is 2.47. The van der Waals surface area contributed by atoms with Gasteiger partial charge in [0.05, 0.1) is 5.92 Å². The summed E-state index contributed by atoms with van der Waals surface area (Å²) in [6, 6.07) is 5.65. The summed E-state index contributed by atoms with van der Waals surface area (Å²) in [6.45, 7) is 5.61. The molecular formula is C15H18O4. The van der Waals surface area contributed by atoms with Crippen LogP contribution in [-0.2, 0) is 11.2 Å². The molecule has 0 amide bonds. The van der Waals surface area contributed by atoms with Gasteiger partial charge in [-0.05, 0) is 24.5 Å². The highest BCUT2D eigenvalue weighted by molar-refractivity contribution is 5.68. The van der Waals surface area contributed by atoms with E-state index in [0.29, 0.717) is 12.2 Å². The van der Waals surface area contributed by atoms with Gasteiger partial charge in [0.25, 0.3) is 0 Å². The van der Waals surface area contributed by atoms with Crippen molar-refractivity contribution in [3.05, 3.63) is 42.0 Å². The molecule has 0 radical (unpaired) electrons. The highest BCUT2D eigenvalue weighted by Crippen LogP contribution is 2.47. The minimum Gasteiger partial charge on any atom is -0.481 e. The largest absolute Gasteiger partial charge is 0.481 e. The molecule has 0 fully saturated rings. The van der Waals surface area contributed by atoms with E-state index in [1.807, 2.05) is 25.1 Å². The molecule has 0 spiro atoms. The average Bonchev–Trinajstić information content (AvgIpc) is 2.59. The van der Waals surface area contributed by atoms with Crippen molar-refractivity contribution in [1.82, 2.24) is 0 Å². The smallest absolute Gasteiger partial charge is 0.310 e. The van der Waals surface area contributed by atoms with Gasteiger partial charge >= 0.3 is 5.97 Å². The molecule has 1 aliphatic heterocycles. The van der Waals surface area contributed by atoms with Crippen LogP contribution < -0.4 is 4.74 Å². The first-order chi connectivity index (χ1) is 9.00. The SMILES string of the molecule is C=CCc1ccc2c(c1)[C@H](CC)[C@](O)(CC(=O)O)O2. The first-order valence-corrected chi connectivity index (χ1v) is 6.37. The molecule has 0 aliphatic carbocycles. The Morgan fingerprint density at radius 1 is 1.58 bits per heavy atom. The molecule has 4 nitrogen and oxygen atoms in total. The van der Waals surface area contributed by atoms with Gasteiger partial charge < -0.3 is 14.9 Å². The molecule has 102 valence electrons. The Labute approximate surface area is 112 Å². The van der Waals surface area contributed by atoms with Crippen molar-refractivity contribution in [3.8, 4) is 5.75 Å². The molecular weight excluding hydrogens is 244 g/mol. The zero-order valence-corrected chi connectivity index (χ0v) is 10.9. The van der Waals surface area contributed by atoms with E-state index in [9.17, 15) is 9.90 Å². The van der Waals surface area contributed by atoms with Crippen LogP contribution in [0.2, 0.25) is 0 Å². The van der Waals surface area contributed by atoms with E-state index >= 15 is 0 Å². The van der Waals surface area contributed by atoms with E-state index in [2.05, 4.69) is 6.58 Å². The molecule has 1 aliphatic rings. The molecule has 1 aromatic rings. The minimum absolute atomic E-state index is 0.316. The summed E-state index contributed by atoms with van der Waals surface area (Å²) < 4.78 is 5.49. The summed E-state index contributed by atoms with van der Waals surface area (Å²) in [5.41, 5.74) is 1.96. The van der Waals surface area contributed by atoms with Crippen LogP contribution in [0.25, 0.3) is 0 Å². The number of carbonyl (C=O) groups is 1. The molecule has 0 bridgehead atoms. The molecule has 2 rings (SSSR count). The fourth-order valence-electron chi connectivity index (χ4n) is 2.68. The van der Waals surface area contributed by atoms with Crippen molar-refractivity contribution in [2.75, 3.05) is 0 Å². The van der Waals surface area contributed by atoms with Crippen LogP contribution in [0, 0.1) is 0 Å². The van der Waals surface area contributed by atoms with Crippen LogP contribution in [-0.4, -0.2) is 22.0 Å². The van der Waals surface area contributed by atoms with Gasteiger partial charge in [0.2, 0.25) is 5.79 Å². The third kappa shape index (κ3) is 2.49. The highest BCUT2D eigenvalue weighted by atomic mass is 16.6. The van der Waals surface area contributed by atoms with Crippen LogP contribution >= 0.6 is 0 Å².